The van der Waals surface area contributed by atoms with Gasteiger partial charge < -0.3 is 4.57 Å². The zero-order chi connectivity index (χ0) is 22.8. The number of hydrogen-bond acceptors (Lipinski definition) is 7. The van der Waals surface area contributed by atoms with Crippen LogP contribution in [0.5, 0.6) is 0 Å². The van der Waals surface area contributed by atoms with E-state index >= 15 is 0 Å². The normalized spacial score (nSPS) is 11.3. The first-order valence-corrected chi connectivity index (χ1v) is 11.5. The number of aromatic amines is 1. The van der Waals surface area contributed by atoms with Gasteiger partial charge in [0.2, 0.25) is 0 Å². The van der Waals surface area contributed by atoms with Crippen molar-refractivity contribution in [3.8, 4) is 22.4 Å². The summed E-state index contributed by atoms with van der Waals surface area (Å²) in [4.78, 5) is 46.0. The number of aryl methyl sites for hydroxylation is 1. The lowest BCUT2D eigenvalue weighted by molar-refractivity contribution is 0.613. The van der Waals surface area contributed by atoms with Gasteiger partial charge >= 0.3 is 5.69 Å². The predicted octanol–water partition coefficient (Wildman–Crippen LogP) is 3.32. The molecule has 4 heterocycles. The van der Waals surface area contributed by atoms with Crippen LogP contribution in [-0.2, 0) is 13.1 Å². The van der Waals surface area contributed by atoms with Gasteiger partial charge in [0.15, 0.2) is 27.8 Å². The van der Waals surface area contributed by atoms with Crippen LogP contribution < -0.4 is 11.2 Å². The van der Waals surface area contributed by atoms with Crippen molar-refractivity contribution in [2.75, 3.05) is 0 Å². The van der Waals surface area contributed by atoms with E-state index in [9.17, 15) is 9.59 Å². The van der Waals surface area contributed by atoms with Crippen LogP contribution in [-0.4, -0.2) is 34.1 Å². The highest BCUT2D eigenvalue weighted by atomic mass is 32.1. The van der Waals surface area contributed by atoms with Crippen molar-refractivity contribution in [3.63, 3.8) is 0 Å². The average Bonchev–Trinajstić information content (AvgIpc) is 3.46. The van der Waals surface area contributed by atoms with Gasteiger partial charge in [-0.25, -0.2) is 24.7 Å². The third kappa shape index (κ3) is 4.00. The molecule has 0 bridgehead atoms. The molecule has 1 aromatic carbocycles. The van der Waals surface area contributed by atoms with Crippen LogP contribution in [0.1, 0.15) is 25.3 Å². The maximum Gasteiger partial charge on any atom is 0.330 e. The van der Waals surface area contributed by atoms with Crippen LogP contribution in [0.2, 0.25) is 0 Å². The Morgan fingerprint density at radius 2 is 1.79 bits per heavy atom. The molecule has 33 heavy (non-hydrogen) atoms. The summed E-state index contributed by atoms with van der Waals surface area (Å²) in [5.74, 6) is 1.05. The minimum Gasteiger partial charge on any atom is -0.312 e. The molecule has 166 valence electrons. The highest BCUT2D eigenvalue weighted by Crippen LogP contribution is 2.28. The quantitative estimate of drug-likeness (QED) is 0.400. The summed E-state index contributed by atoms with van der Waals surface area (Å²) in [5, 5.41) is 2.53. The summed E-state index contributed by atoms with van der Waals surface area (Å²) in [6.07, 6.45) is 5.05. The Morgan fingerprint density at radius 1 is 1.00 bits per heavy atom. The zero-order valence-corrected chi connectivity index (χ0v) is 18.7. The van der Waals surface area contributed by atoms with Crippen molar-refractivity contribution >= 4 is 22.5 Å². The number of fused-ring (bicyclic) bond motifs is 1. The molecule has 9 nitrogen and oxygen atoms in total. The smallest absolute Gasteiger partial charge is 0.312 e. The molecule has 5 rings (SSSR count). The number of benzene rings is 1. The Kier molecular flexibility index (Phi) is 5.66. The molecule has 0 unspecified atom stereocenters. The minimum atomic E-state index is -0.459. The highest BCUT2D eigenvalue weighted by molar-refractivity contribution is 7.13. The number of rotatable bonds is 7. The Bertz CT molecular complexity index is 1520. The molecule has 0 aliphatic heterocycles. The van der Waals surface area contributed by atoms with Crippen molar-refractivity contribution < 1.29 is 0 Å². The Hall–Kier alpha value is -3.92. The second-order valence-corrected chi connectivity index (χ2v) is 8.41. The molecule has 0 radical (unpaired) electrons. The molecular weight excluding hydrogens is 438 g/mol. The second kappa shape index (κ2) is 8.91. The lowest BCUT2D eigenvalue weighted by atomic mass is 10.2. The van der Waals surface area contributed by atoms with E-state index in [0.717, 1.165) is 18.4 Å². The van der Waals surface area contributed by atoms with E-state index in [-0.39, 0.29) is 0 Å². The summed E-state index contributed by atoms with van der Waals surface area (Å²) in [6, 6.07) is 11.6. The maximum atomic E-state index is 12.9. The van der Waals surface area contributed by atoms with Gasteiger partial charge in [-0.05, 0) is 18.1 Å². The van der Waals surface area contributed by atoms with Gasteiger partial charge in [-0.1, -0.05) is 43.7 Å². The van der Waals surface area contributed by atoms with Gasteiger partial charge in [0.1, 0.15) is 5.69 Å². The molecule has 0 spiro atoms. The van der Waals surface area contributed by atoms with Gasteiger partial charge in [0.25, 0.3) is 5.56 Å². The lowest BCUT2D eigenvalue weighted by Crippen LogP contribution is -2.31. The SMILES string of the molecule is CCCCn1c(=O)[nH]c(=O)c2c1nc(-c1csc(-c3ncccn3)n1)n2Cc1ccccc1. The monoisotopic (exact) mass is 459 g/mol. The van der Waals surface area contributed by atoms with E-state index in [0.29, 0.717) is 46.6 Å². The molecular formula is C23H21N7O2S. The fraction of sp³-hybridized carbons (Fsp3) is 0.217. The van der Waals surface area contributed by atoms with Crippen LogP contribution in [0.25, 0.3) is 33.5 Å². The van der Waals surface area contributed by atoms with Crippen molar-refractivity contribution in [1.82, 2.24) is 34.1 Å². The van der Waals surface area contributed by atoms with Crippen LogP contribution in [0.15, 0.2) is 63.8 Å². The fourth-order valence-corrected chi connectivity index (χ4v) is 4.44. The van der Waals surface area contributed by atoms with Gasteiger partial charge in [-0.3, -0.25) is 14.3 Å². The Morgan fingerprint density at radius 3 is 2.55 bits per heavy atom. The molecule has 0 saturated heterocycles. The lowest BCUT2D eigenvalue weighted by Gasteiger charge is -2.08. The molecule has 0 atom stereocenters. The molecule has 4 aromatic heterocycles. The van der Waals surface area contributed by atoms with E-state index in [4.69, 9.17) is 9.97 Å². The Balaban J connectivity index is 1.73. The maximum absolute atomic E-state index is 12.9. The minimum absolute atomic E-state index is 0.357. The number of hydrogen-bond donors (Lipinski definition) is 1. The molecule has 0 saturated carbocycles. The van der Waals surface area contributed by atoms with E-state index in [1.54, 1.807) is 23.0 Å². The first-order chi connectivity index (χ1) is 16.2. The number of aromatic nitrogens is 7. The molecule has 10 heteroatoms. The fourth-order valence-electron chi connectivity index (χ4n) is 3.70. The number of imidazole rings is 1. The summed E-state index contributed by atoms with van der Waals surface area (Å²) < 4.78 is 3.37. The van der Waals surface area contributed by atoms with Gasteiger partial charge in [0.05, 0.1) is 0 Å². The first kappa shape index (κ1) is 21.0. The third-order valence-corrected chi connectivity index (χ3v) is 6.13. The van der Waals surface area contributed by atoms with Gasteiger partial charge in [-0.15, -0.1) is 11.3 Å². The topological polar surface area (TPSA) is 111 Å². The molecule has 0 aliphatic rings. The Labute approximate surface area is 192 Å². The average molecular weight is 460 g/mol. The van der Waals surface area contributed by atoms with E-state index in [2.05, 4.69) is 21.9 Å². The number of nitrogens with zero attached hydrogens (tertiary/aromatic N) is 6. The van der Waals surface area contributed by atoms with E-state index in [1.807, 2.05) is 40.3 Å². The van der Waals surface area contributed by atoms with Crippen LogP contribution in [0.3, 0.4) is 0 Å². The molecule has 0 amide bonds. The first-order valence-electron chi connectivity index (χ1n) is 10.7. The number of thiazole rings is 1. The van der Waals surface area contributed by atoms with Gasteiger partial charge in [0, 0.05) is 30.9 Å². The summed E-state index contributed by atoms with van der Waals surface area (Å²) in [7, 11) is 0. The van der Waals surface area contributed by atoms with Crippen molar-refractivity contribution in [1.29, 1.82) is 0 Å². The van der Waals surface area contributed by atoms with Crippen LogP contribution in [0, 0.1) is 0 Å². The van der Waals surface area contributed by atoms with Crippen molar-refractivity contribution in [3.05, 3.63) is 80.6 Å². The van der Waals surface area contributed by atoms with Crippen LogP contribution in [0.4, 0.5) is 0 Å². The van der Waals surface area contributed by atoms with Crippen molar-refractivity contribution in [2.45, 2.75) is 32.9 Å². The summed E-state index contributed by atoms with van der Waals surface area (Å²) >= 11 is 1.40. The molecule has 0 aliphatic carbocycles. The zero-order valence-electron chi connectivity index (χ0n) is 17.9. The van der Waals surface area contributed by atoms with Gasteiger partial charge in [-0.2, -0.15) is 0 Å². The molecule has 0 fully saturated rings. The summed E-state index contributed by atoms with van der Waals surface area (Å²) in [5.41, 5.74) is 1.42. The van der Waals surface area contributed by atoms with Crippen molar-refractivity contribution in [2.24, 2.45) is 0 Å². The molecule has 5 aromatic rings. The number of nitrogens with one attached hydrogen (secondary N) is 1. The second-order valence-electron chi connectivity index (χ2n) is 7.55. The molecule has 1 N–H and O–H groups in total. The van der Waals surface area contributed by atoms with E-state index in [1.165, 1.54) is 11.3 Å². The number of H-pyrrole nitrogens is 1. The standard InChI is InChI=1S/C23H21N7O2S/c1-2-3-12-29-20-17(21(31)28-23(29)32)30(13-15-8-5-4-6-9-15)19(27-20)16-14-33-22(26-16)18-24-10-7-11-25-18/h4-11,14H,2-3,12-13H2,1H3,(H,28,31,32). The predicted molar refractivity (Wildman–Crippen MR) is 127 cm³/mol. The van der Waals surface area contributed by atoms with Crippen LogP contribution >= 0.6 is 11.3 Å². The largest absolute Gasteiger partial charge is 0.330 e. The summed E-state index contributed by atoms with van der Waals surface area (Å²) in [6.45, 7) is 2.94. The highest BCUT2D eigenvalue weighted by Gasteiger charge is 2.22. The van der Waals surface area contributed by atoms with E-state index < -0.39 is 11.2 Å². The third-order valence-electron chi connectivity index (χ3n) is 5.29. The number of unbranched alkanes of at least 4 members (excludes halogenated alkanes) is 1.